The summed E-state index contributed by atoms with van der Waals surface area (Å²) in [6, 6.07) is 13.9. The minimum absolute atomic E-state index is 0.769. The third kappa shape index (κ3) is 2.20. The Bertz CT molecular complexity index is 489. The van der Waals surface area contributed by atoms with Crippen molar-refractivity contribution in [1.29, 1.82) is 0 Å². The van der Waals surface area contributed by atoms with Crippen LogP contribution in [0.4, 0.5) is 5.69 Å². The van der Waals surface area contributed by atoms with Crippen LogP contribution in [-0.2, 0) is 6.42 Å². The molecule has 16 heavy (non-hydrogen) atoms. The van der Waals surface area contributed by atoms with E-state index in [4.69, 9.17) is 17.3 Å². The number of nitrogens with two attached hydrogens (primary N) is 1. The zero-order valence-corrected chi connectivity index (χ0v) is 9.96. The average molecular weight is 232 g/mol. The molecule has 2 aromatic carbocycles. The van der Waals surface area contributed by atoms with Gasteiger partial charge in [0.1, 0.15) is 0 Å². The summed E-state index contributed by atoms with van der Waals surface area (Å²) < 4.78 is 0. The molecular weight excluding hydrogens is 218 g/mol. The predicted octanol–water partition coefficient (Wildman–Crippen LogP) is 4.15. The van der Waals surface area contributed by atoms with Crippen LogP contribution < -0.4 is 5.73 Å². The van der Waals surface area contributed by atoms with Crippen LogP contribution in [0, 0.1) is 0 Å². The van der Waals surface area contributed by atoms with Gasteiger partial charge in [-0.25, -0.2) is 0 Å². The number of halogens is 1. The monoisotopic (exact) mass is 231 g/mol. The fourth-order valence-electron chi connectivity index (χ4n) is 1.68. The number of nitrogen functional groups attached to an aromatic ring is 1. The fraction of sp³-hybridized carbons (Fsp3) is 0.143. The van der Waals surface area contributed by atoms with Crippen molar-refractivity contribution in [2.75, 3.05) is 5.73 Å². The Kier molecular flexibility index (Phi) is 3.16. The number of anilines is 1. The zero-order valence-electron chi connectivity index (χ0n) is 9.20. The lowest BCUT2D eigenvalue weighted by atomic mass is 10.0. The van der Waals surface area contributed by atoms with E-state index in [0.29, 0.717) is 0 Å². The van der Waals surface area contributed by atoms with Gasteiger partial charge in [0.15, 0.2) is 0 Å². The quantitative estimate of drug-likeness (QED) is 0.772. The highest BCUT2D eigenvalue weighted by atomic mass is 35.5. The molecule has 0 aliphatic carbocycles. The summed E-state index contributed by atoms with van der Waals surface area (Å²) in [5, 5.41) is 0.795. The Morgan fingerprint density at radius 3 is 2.31 bits per heavy atom. The first-order valence-electron chi connectivity index (χ1n) is 5.35. The molecule has 0 amide bonds. The summed E-state index contributed by atoms with van der Waals surface area (Å²) in [4.78, 5) is 0. The first-order chi connectivity index (χ1) is 7.70. The van der Waals surface area contributed by atoms with Crippen LogP contribution in [0.15, 0.2) is 42.5 Å². The molecule has 0 unspecified atom stereocenters. The number of hydrogen-bond donors (Lipinski definition) is 1. The molecule has 0 aliphatic rings. The molecule has 82 valence electrons. The molecule has 2 heteroatoms. The van der Waals surface area contributed by atoms with Crippen molar-refractivity contribution in [3.8, 4) is 11.1 Å². The summed E-state index contributed by atoms with van der Waals surface area (Å²) in [6.07, 6.45) is 1.00. The number of benzene rings is 2. The summed E-state index contributed by atoms with van der Waals surface area (Å²) in [7, 11) is 0. The normalized spacial score (nSPS) is 10.4. The van der Waals surface area contributed by atoms with Gasteiger partial charge in [-0.1, -0.05) is 42.8 Å². The van der Waals surface area contributed by atoms with Crippen LogP contribution in [0.1, 0.15) is 12.5 Å². The van der Waals surface area contributed by atoms with Gasteiger partial charge in [0.2, 0.25) is 0 Å². The van der Waals surface area contributed by atoms with Crippen LogP contribution in [0.3, 0.4) is 0 Å². The molecule has 0 fully saturated rings. The lowest BCUT2D eigenvalue weighted by Crippen LogP contribution is -1.86. The lowest BCUT2D eigenvalue weighted by Gasteiger charge is -2.06. The van der Waals surface area contributed by atoms with E-state index >= 15 is 0 Å². The minimum atomic E-state index is 0.769. The molecule has 0 saturated heterocycles. The Labute approximate surface area is 101 Å². The molecule has 0 aromatic heterocycles. The highest BCUT2D eigenvalue weighted by molar-refractivity contribution is 6.33. The standard InChI is InChI=1S/C14H14ClN/c1-2-10-3-8-13(14(15)9-10)11-4-6-12(16)7-5-11/h3-9H,2,16H2,1H3. The van der Waals surface area contributed by atoms with Gasteiger partial charge in [0.05, 0.1) is 0 Å². The smallest absolute Gasteiger partial charge is 0.0487 e. The van der Waals surface area contributed by atoms with Crippen LogP contribution in [-0.4, -0.2) is 0 Å². The molecule has 0 atom stereocenters. The van der Waals surface area contributed by atoms with Crippen molar-refractivity contribution in [1.82, 2.24) is 0 Å². The second-order valence-corrected chi connectivity index (χ2v) is 4.20. The van der Waals surface area contributed by atoms with E-state index in [9.17, 15) is 0 Å². The van der Waals surface area contributed by atoms with Gasteiger partial charge >= 0.3 is 0 Å². The molecule has 0 heterocycles. The van der Waals surface area contributed by atoms with E-state index in [0.717, 1.165) is 28.3 Å². The highest BCUT2D eigenvalue weighted by Crippen LogP contribution is 2.29. The zero-order chi connectivity index (χ0) is 11.5. The van der Waals surface area contributed by atoms with Gasteiger partial charge in [-0.3, -0.25) is 0 Å². The molecule has 2 aromatic rings. The average Bonchev–Trinajstić information content (AvgIpc) is 2.30. The third-order valence-electron chi connectivity index (χ3n) is 2.66. The van der Waals surface area contributed by atoms with Crippen LogP contribution >= 0.6 is 11.6 Å². The van der Waals surface area contributed by atoms with Gasteiger partial charge in [0.25, 0.3) is 0 Å². The summed E-state index contributed by atoms with van der Waals surface area (Å²) >= 11 is 6.25. The molecule has 0 bridgehead atoms. The maximum Gasteiger partial charge on any atom is 0.0487 e. The minimum Gasteiger partial charge on any atom is -0.399 e. The number of hydrogen-bond acceptors (Lipinski definition) is 1. The van der Waals surface area contributed by atoms with Gasteiger partial charge in [-0.05, 0) is 35.7 Å². The summed E-state index contributed by atoms with van der Waals surface area (Å²) in [5.74, 6) is 0. The van der Waals surface area contributed by atoms with Crippen molar-refractivity contribution in [3.05, 3.63) is 53.1 Å². The van der Waals surface area contributed by atoms with Crippen LogP contribution in [0.2, 0.25) is 5.02 Å². The predicted molar refractivity (Wildman–Crippen MR) is 70.7 cm³/mol. The summed E-state index contributed by atoms with van der Waals surface area (Å²) in [6.45, 7) is 2.12. The van der Waals surface area contributed by atoms with Crippen molar-refractivity contribution >= 4 is 17.3 Å². The Morgan fingerprint density at radius 2 is 1.75 bits per heavy atom. The molecule has 2 N–H and O–H groups in total. The van der Waals surface area contributed by atoms with E-state index in [2.05, 4.69) is 19.1 Å². The Morgan fingerprint density at radius 1 is 1.06 bits per heavy atom. The number of rotatable bonds is 2. The maximum absolute atomic E-state index is 6.25. The molecule has 0 aliphatic heterocycles. The van der Waals surface area contributed by atoms with Crippen molar-refractivity contribution < 1.29 is 0 Å². The van der Waals surface area contributed by atoms with Crippen LogP contribution in [0.5, 0.6) is 0 Å². The Hall–Kier alpha value is -1.47. The molecule has 1 nitrogen and oxygen atoms in total. The molecule has 0 saturated carbocycles. The first kappa shape index (κ1) is 11.0. The molecular formula is C14H14ClN. The van der Waals surface area contributed by atoms with Crippen LogP contribution in [0.25, 0.3) is 11.1 Å². The third-order valence-corrected chi connectivity index (χ3v) is 2.98. The second kappa shape index (κ2) is 4.58. The van der Waals surface area contributed by atoms with Gasteiger partial charge in [0, 0.05) is 16.3 Å². The topological polar surface area (TPSA) is 26.0 Å². The van der Waals surface area contributed by atoms with E-state index < -0.39 is 0 Å². The SMILES string of the molecule is CCc1ccc(-c2ccc(N)cc2)c(Cl)c1. The lowest BCUT2D eigenvalue weighted by molar-refractivity contribution is 1.14. The van der Waals surface area contributed by atoms with Gasteiger partial charge in [-0.15, -0.1) is 0 Å². The van der Waals surface area contributed by atoms with Crippen molar-refractivity contribution in [3.63, 3.8) is 0 Å². The summed E-state index contributed by atoms with van der Waals surface area (Å²) in [5.41, 5.74) is 9.83. The number of aryl methyl sites for hydroxylation is 1. The fourth-order valence-corrected chi connectivity index (χ4v) is 1.99. The first-order valence-corrected chi connectivity index (χ1v) is 5.73. The molecule has 0 radical (unpaired) electrons. The van der Waals surface area contributed by atoms with Crippen molar-refractivity contribution in [2.24, 2.45) is 0 Å². The molecule has 2 rings (SSSR count). The largest absolute Gasteiger partial charge is 0.399 e. The van der Waals surface area contributed by atoms with E-state index in [1.165, 1.54) is 5.56 Å². The van der Waals surface area contributed by atoms with E-state index in [1.807, 2.05) is 30.3 Å². The second-order valence-electron chi connectivity index (χ2n) is 3.79. The Balaban J connectivity index is 2.44. The van der Waals surface area contributed by atoms with Gasteiger partial charge < -0.3 is 5.73 Å². The van der Waals surface area contributed by atoms with E-state index in [-0.39, 0.29) is 0 Å². The van der Waals surface area contributed by atoms with E-state index in [1.54, 1.807) is 0 Å². The van der Waals surface area contributed by atoms with Crippen molar-refractivity contribution in [2.45, 2.75) is 13.3 Å². The maximum atomic E-state index is 6.25. The molecule has 0 spiro atoms. The highest BCUT2D eigenvalue weighted by Gasteiger charge is 2.03. The van der Waals surface area contributed by atoms with Gasteiger partial charge in [-0.2, -0.15) is 0 Å².